The van der Waals surface area contributed by atoms with Gasteiger partial charge in [-0.1, -0.05) is 18.2 Å². The Bertz CT molecular complexity index is 589. The third-order valence-corrected chi connectivity index (χ3v) is 6.96. The molecular weight excluding hydrogens is 310 g/mol. The molecule has 4 aliphatic carbocycles. The van der Waals surface area contributed by atoms with Crippen LogP contribution < -0.4 is 10.1 Å². The molecule has 4 fully saturated rings. The summed E-state index contributed by atoms with van der Waals surface area (Å²) < 4.78 is 5.36. The summed E-state index contributed by atoms with van der Waals surface area (Å²) in [5.74, 6) is 4.03. The zero-order chi connectivity index (χ0) is 17.3. The van der Waals surface area contributed by atoms with Crippen LogP contribution in [0.25, 0.3) is 0 Å². The van der Waals surface area contributed by atoms with E-state index in [1.54, 1.807) is 7.11 Å². The average Bonchev–Trinajstić information content (AvgIpc) is 2.59. The minimum absolute atomic E-state index is 0.177. The summed E-state index contributed by atoms with van der Waals surface area (Å²) in [7, 11) is 1.68. The van der Waals surface area contributed by atoms with Crippen molar-refractivity contribution in [3.8, 4) is 5.75 Å². The van der Waals surface area contributed by atoms with E-state index < -0.39 is 0 Å². The van der Waals surface area contributed by atoms with E-state index in [4.69, 9.17) is 4.74 Å². The molecule has 0 heterocycles. The van der Waals surface area contributed by atoms with E-state index in [2.05, 4.69) is 5.32 Å². The molecule has 4 bridgehead atoms. The van der Waals surface area contributed by atoms with Crippen molar-refractivity contribution in [2.24, 2.45) is 23.2 Å². The first-order valence-corrected chi connectivity index (χ1v) is 10.0. The molecular formula is C22H31NO2. The standard InChI is InChI=1S/C22H31NO2/c1-25-20-5-3-2-4-19(20)6-7-21(24)23-9-8-22-13-16-10-17(14-22)12-18(11-16)15-22/h2-5,16-18H,6-15H2,1H3,(H,23,24). The van der Waals surface area contributed by atoms with E-state index >= 15 is 0 Å². The molecule has 136 valence electrons. The van der Waals surface area contributed by atoms with Gasteiger partial charge in [-0.3, -0.25) is 4.79 Å². The fourth-order valence-corrected chi connectivity index (χ4v) is 6.31. The molecule has 3 nitrogen and oxygen atoms in total. The third-order valence-electron chi connectivity index (χ3n) is 6.96. The summed E-state index contributed by atoms with van der Waals surface area (Å²) in [4.78, 5) is 12.2. The number of carbonyl (C=O) groups is 1. The molecule has 0 saturated heterocycles. The molecule has 0 atom stereocenters. The molecule has 4 saturated carbocycles. The number of para-hydroxylation sites is 1. The Hall–Kier alpha value is -1.51. The normalized spacial score (nSPS) is 32.6. The molecule has 1 N–H and O–H groups in total. The molecule has 1 aromatic rings. The average molecular weight is 341 g/mol. The zero-order valence-electron chi connectivity index (χ0n) is 15.4. The van der Waals surface area contributed by atoms with E-state index in [-0.39, 0.29) is 5.91 Å². The van der Waals surface area contributed by atoms with Gasteiger partial charge in [0.2, 0.25) is 5.91 Å². The number of carbonyl (C=O) groups excluding carboxylic acids is 1. The highest BCUT2D eigenvalue weighted by atomic mass is 16.5. The van der Waals surface area contributed by atoms with Gasteiger partial charge in [0.1, 0.15) is 5.75 Å². The summed E-state index contributed by atoms with van der Waals surface area (Å²) in [5, 5.41) is 3.19. The van der Waals surface area contributed by atoms with Gasteiger partial charge in [0.25, 0.3) is 0 Å². The molecule has 0 unspecified atom stereocenters. The predicted molar refractivity (Wildman–Crippen MR) is 99.5 cm³/mol. The maximum absolute atomic E-state index is 12.2. The van der Waals surface area contributed by atoms with Crippen molar-refractivity contribution in [1.29, 1.82) is 0 Å². The number of hydrogen-bond acceptors (Lipinski definition) is 2. The van der Waals surface area contributed by atoms with Gasteiger partial charge in [-0.15, -0.1) is 0 Å². The van der Waals surface area contributed by atoms with Crippen LogP contribution in [0, 0.1) is 23.2 Å². The van der Waals surface area contributed by atoms with Gasteiger partial charge in [0, 0.05) is 13.0 Å². The first kappa shape index (κ1) is 16.9. The highest BCUT2D eigenvalue weighted by molar-refractivity contribution is 5.76. The van der Waals surface area contributed by atoms with Gasteiger partial charge in [-0.05, 0) is 86.2 Å². The van der Waals surface area contributed by atoms with Gasteiger partial charge in [0.05, 0.1) is 7.11 Å². The van der Waals surface area contributed by atoms with Gasteiger partial charge >= 0.3 is 0 Å². The minimum Gasteiger partial charge on any atom is -0.496 e. The van der Waals surface area contributed by atoms with Crippen LogP contribution in [0.5, 0.6) is 5.75 Å². The van der Waals surface area contributed by atoms with Crippen molar-refractivity contribution in [3.05, 3.63) is 29.8 Å². The molecule has 0 aromatic heterocycles. The van der Waals surface area contributed by atoms with E-state index in [1.807, 2.05) is 24.3 Å². The summed E-state index contributed by atoms with van der Waals surface area (Å²) in [6.45, 7) is 0.858. The maximum Gasteiger partial charge on any atom is 0.220 e. The molecule has 4 aliphatic rings. The lowest BCUT2D eigenvalue weighted by Crippen LogP contribution is -2.47. The smallest absolute Gasteiger partial charge is 0.220 e. The fourth-order valence-electron chi connectivity index (χ4n) is 6.31. The van der Waals surface area contributed by atoms with Gasteiger partial charge in [-0.2, -0.15) is 0 Å². The summed E-state index contributed by atoms with van der Waals surface area (Å²) in [5.41, 5.74) is 1.67. The molecule has 3 heteroatoms. The van der Waals surface area contributed by atoms with Crippen molar-refractivity contribution >= 4 is 5.91 Å². The molecule has 1 amide bonds. The Morgan fingerprint density at radius 3 is 2.40 bits per heavy atom. The van der Waals surface area contributed by atoms with Crippen molar-refractivity contribution in [3.63, 3.8) is 0 Å². The van der Waals surface area contributed by atoms with Crippen molar-refractivity contribution in [2.75, 3.05) is 13.7 Å². The van der Waals surface area contributed by atoms with Crippen molar-refractivity contribution < 1.29 is 9.53 Å². The van der Waals surface area contributed by atoms with Crippen LogP contribution in [0.1, 0.15) is 56.9 Å². The van der Waals surface area contributed by atoms with Crippen LogP contribution in [0.15, 0.2) is 24.3 Å². The molecule has 0 radical (unpaired) electrons. The Labute approximate surface area is 151 Å². The first-order valence-electron chi connectivity index (χ1n) is 10.0. The largest absolute Gasteiger partial charge is 0.496 e. The summed E-state index contributed by atoms with van der Waals surface area (Å²) >= 11 is 0. The van der Waals surface area contributed by atoms with Crippen LogP contribution in [0.4, 0.5) is 0 Å². The Morgan fingerprint density at radius 1 is 1.12 bits per heavy atom. The van der Waals surface area contributed by atoms with E-state index in [0.29, 0.717) is 11.8 Å². The number of nitrogens with one attached hydrogen (secondary N) is 1. The van der Waals surface area contributed by atoms with Gasteiger partial charge < -0.3 is 10.1 Å². The second-order valence-electron chi connectivity index (χ2n) is 8.83. The molecule has 25 heavy (non-hydrogen) atoms. The van der Waals surface area contributed by atoms with Crippen molar-refractivity contribution in [1.82, 2.24) is 5.32 Å². The minimum atomic E-state index is 0.177. The van der Waals surface area contributed by atoms with Crippen LogP contribution in [-0.4, -0.2) is 19.6 Å². The number of aryl methyl sites for hydroxylation is 1. The Morgan fingerprint density at radius 2 is 1.76 bits per heavy atom. The van der Waals surface area contributed by atoms with Crippen LogP contribution in [-0.2, 0) is 11.2 Å². The van der Waals surface area contributed by atoms with Crippen LogP contribution >= 0.6 is 0 Å². The molecule has 1 aromatic carbocycles. The third kappa shape index (κ3) is 3.70. The number of ether oxygens (including phenoxy) is 1. The number of methoxy groups -OCH3 is 1. The van der Waals surface area contributed by atoms with E-state index in [9.17, 15) is 4.79 Å². The predicted octanol–water partition coefficient (Wildman–Crippen LogP) is 4.35. The zero-order valence-corrected chi connectivity index (χ0v) is 15.4. The van der Waals surface area contributed by atoms with Crippen LogP contribution in [0.3, 0.4) is 0 Å². The summed E-state index contributed by atoms with van der Waals surface area (Å²) in [6.07, 6.45) is 11.2. The quantitative estimate of drug-likeness (QED) is 0.801. The number of rotatable bonds is 7. The highest BCUT2D eigenvalue weighted by Crippen LogP contribution is 2.61. The highest BCUT2D eigenvalue weighted by Gasteiger charge is 2.50. The number of hydrogen-bond donors (Lipinski definition) is 1. The van der Waals surface area contributed by atoms with Crippen molar-refractivity contribution in [2.45, 2.75) is 57.8 Å². The second kappa shape index (κ2) is 7.01. The molecule has 0 aliphatic heterocycles. The lowest BCUT2D eigenvalue weighted by molar-refractivity contribution is -0.121. The molecule has 5 rings (SSSR count). The summed E-state index contributed by atoms with van der Waals surface area (Å²) in [6, 6.07) is 7.97. The SMILES string of the molecule is COc1ccccc1CCC(=O)NCCC12CC3CC(CC(C3)C1)C2. The molecule has 0 spiro atoms. The Kier molecular flexibility index (Phi) is 4.75. The van der Waals surface area contributed by atoms with Gasteiger partial charge in [0.15, 0.2) is 0 Å². The fraction of sp³-hybridized carbons (Fsp3) is 0.682. The topological polar surface area (TPSA) is 38.3 Å². The van der Waals surface area contributed by atoms with Crippen LogP contribution in [0.2, 0.25) is 0 Å². The number of amides is 1. The number of benzene rings is 1. The Balaban J connectivity index is 1.23. The van der Waals surface area contributed by atoms with Gasteiger partial charge in [-0.25, -0.2) is 0 Å². The first-order chi connectivity index (χ1) is 12.2. The van der Waals surface area contributed by atoms with E-state index in [0.717, 1.165) is 42.0 Å². The lowest BCUT2D eigenvalue weighted by Gasteiger charge is -2.57. The lowest BCUT2D eigenvalue weighted by atomic mass is 9.49. The monoisotopic (exact) mass is 341 g/mol. The maximum atomic E-state index is 12.2. The van der Waals surface area contributed by atoms with E-state index in [1.165, 1.54) is 44.9 Å². The second-order valence-corrected chi connectivity index (χ2v) is 8.83.